The molecule has 0 aliphatic carbocycles. The lowest BCUT2D eigenvalue weighted by Gasteiger charge is -2.39. The zero-order valence-electron chi connectivity index (χ0n) is 18.6. The van der Waals surface area contributed by atoms with E-state index in [9.17, 15) is 40.9 Å². The lowest BCUT2D eigenvalue weighted by Crippen LogP contribution is -2.58. The second kappa shape index (κ2) is 12.3. The first kappa shape index (κ1) is 26.9. The van der Waals surface area contributed by atoms with Crippen LogP contribution in [0.25, 0.3) is 12.2 Å². The molecule has 2 aliphatic rings. The van der Waals surface area contributed by atoms with Gasteiger partial charge in [0, 0.05) is 0 Å². The molecule has 2 fully saturated rings. The van der Waals surface area contributed by atoms with E-state index in [1.807, 2.05) is 36.4 Å². The van der Waals surface area contributed by atoms with Crippen molar-refractivity contribution in [3.8, 4) is 0 Å². The highest BCUT2D eigenvalue weighted by Crippen LogP contribution is 2.25. The quantitative estimate of drug-likeness (QED) is 0.210. The van der Waals surface area contributed by atoms with Gasteiger partial charge in [0.15, 0.2) is 0 Å². The van der Waals surface area contributed by atoms with Crippen molar-refractivity contribution in [2.24, 2.45) is 0 Å². The summed E-state index contributed by atoms with van der Waals surface area (Å²) in [5.74, 6) is 0. The van der Waals surface area contributed by atoms with Gasteiger partial charge in [-0.05, 0) is 30.0 Å². The zero-order chi connectivity index (χ0) is 24.8. The molecule has 0 spiro atoms. The molecule has 2 heterocycles. The number of rotatable bonds is 8. The molecule has 0 aromatic heterocycles. The third-order valence-electron chi connectivity index (χ3n) is 6.25. The number of benzene rings is 1. The van der Waals surface area contributed by atoms with E-state index in [2.05, 4.69) is 0 Å². The Labute approximate surface area is 197 Å². The summed E-state index contributed by atoms with van der Waals surface area (Å²) in [6, 6.07) is 7.49. The van der Waals surface area contributed by atoms with Crippen LogP contribution in [0.15, 0.2) is 36.4 Å². The van der Waals surface area contributed by atoms with E-state index in [-0.39, 0.29) is 12.8 Å². The minimum Gasteiger partial charge on any atom is -0.394 e. The first-order chi connectivity index (χ1) is 16.3. The van der Waals surface area contributed by atoms with Crippen molar-refractivity contribution >= 4 is 12.2 Å². The third kappa shape index (κ3) is 6.29. The molecule has 1 unspecified atom stereocenters. The SMILES string of the molecule is OC[C@H]1O[C@H](C/C=C/c2cccc(/C=C/CC3O[C@H](CO)[C@@H](O)[C@H](O)[C@@H]3O)c2)[C@@H](O)[C@@H](O)[C@@H]1O. The molecule has 2 saturated heterocycles. The van der Waals surface area contributed by atoms with Crippen LogP contribution < -0.4 is 0 Å². The van der Waals surface area contributed by atoms with Gasteiger partial charge in [-0.15, -0.1) is 0 Å². The monoisotopic (exact) mass is 482 g/mol. The van der Waals surface area contributed by atoms with Crippen LogP contribution in [0.4, 0.5) is 0 Å². The van der Waals surface area contributed by atoms with Gasteiger partial charge in [-0.3, -0.25) is 0 Å². The summed E-state index contributed by atoms with van der Waals surface area (Å²) in [5.41, 5.74) is 1.72. The summed E-state index contributed by atoms with van der Waals surface area (Å²) < 4.78 is 11.0. The van der Waals surface area contributed by atoms with E-state index >= 15 is 0 Å². The Morgan fingerprint density at radius 1 is 0.588 bits per heavy atom. The molecule has 0 radical (unpaired) electrons. The molecule has 34 heavy (non-hydrogen) atoms. The summed E-state index contributed by atoms with van der Waals surface area (Å²) >= 11 is 0. The van der Waals surface area contributed by atoms with Crippen LogP contribution >= 0.6 is 0 Å². The van der Waals surface area contributed by atoms with Crippen LogP contribution in [-0.2, 0) is 9.47 Å². The van der Waals surface area contributed by atoms with Gasteiger partial charge in [0.25, 0.3) is 0 Å². The number of aliphatic hydroxyl groups is 8. The maximum atomic E-state index is 10.1. The van der Waals surface area contributed by atoms with Gasteiger partial charge in [0.2, 0.25) is 0 Å². The minimum absolute atomic E-state index is 0.263. The van der Waals surface area contributed by atoms with Gasteiger partial charge >= 0.3 is 0 Å². The second-order valence-corrected chi connectivity index (χ2v) is 8.68. The Morgan fingerprint density at radius 2 is 0.971 bits per heavy atom. The normalized spacial score (nSPS) is 39.2. The van der Waals surface area contributed by atoms with Gasteiger partial charge in [-0.2, -0.15) is 0 Å². The largest absolute Gasteiger partial charge is 0.394 e. The van der Waals surface area contributed by atoms with E-state index in [4.69, 9.17) is 9.47 Å². The molecule has 3 rings (SSSR count). The first-order valence-electron chi connectivity index (χ1n) is 11.3. The van der Waals surface area contributed by atoms with Gasteiger partial charge in [0.05, 0.1) is 25.4 Å². The number of hydrogen-bond donors (Lipinski definition) is 8. The van der Waals surface area contributed by atoms with Crippen LogP contribution in [0.5, 0.6) is 0 Å². The summed E-state index contributed by atoms with van der Waals surface area (Å²) in [6.45, 7) is -0.939. The number of ether oxygens (including phenoxy) is 2. The standard InChI is InChI=1S/C24H34O10/c25-11-17-21(29)23(31)19(27)15(33-17)8-2-6-13-4-1-5-14(10-13)7-3-9-16-20(28)24(32)22(30)18(12-26)34-16/h1-7,10,15-32H,8-9,11-12H2/b6-2+,7-3+/t15-,16?,17-,18-,19-,20-,21-,22-,23-,24-/m1/s1. The summed E-state index contributed by atoms with van der Waals surface area (Å²) in [6.07, 6.45) is -3.85. The molecular formula is C24H34O10. The van der Waals surface area contributed by atoms with Gasteiger partial charge in [-0.25, -0.2) is 0 Å². The minimum atomic E-state index is -1.40. The zero-order valence-corrected chi connectivity index (χ0v) is 18.6. The first-order valence-corrected chi connectivity index (χ1v) is 11.3. The fourth-order valence-corrected chi connectivity index (χ4v) is 4.19. The molecule has 0 bridgehead atoms. The summed E-state index contributed by atoms with van der Waals surface area (Å²) in [7, 11) is 0. The molecule has 2 aliphatic heterocycles. The van der Waals surface area contributed by atoms with Crippen molar-refractivity contribution in [3.05, 3.63) is 47.5 Å². The average molecular weight is 483 g/mol. The topological polar surface area (TPSA) is 180 Å². The van der Waals surface area contributed by atoms with E-state index in [0.717, 1.165) is 11.1 Å². The third-order valence-corrected chi connectivity index (χ3v) is 6.25. The Kier molecular flexibility index (Phi) is 9.74. The molecule has 0 amide bonds. The molecule has 1 aromatic rings. The number of aliphatic hydroxyl groups excluding tert-OH is 8. The van der Waals surface area contributed by atoms with E-state index in [1.54, 1.807) is 12.2 Å². The highest BCUT2D eigenvalue weighted by atomic mass is 16.5. The van der Waals surface area contributed by atoms with Crippen molar-refractivity contribution in [1.82, 2.24) is 0 Å². The predicted octanol–water partition coefficient (Wildman–Crippen LogP) is -1.82. The maximum Gasteiger partial charge on any atom is 0.111 e. The van der Waals surface area contributed by atoms with E-state index in [0.29, 0.717) is 0 Å². The molecule has 1 aromatic carbocycles. The van der Waals surface area contributed by atoms with Crippen molar-refractivity contribution in [3.63, 3.8) is 0 Å². The van der Waals surface area contributed by atoms with Crippen molar-refractivity contribution in [2.45, 2.75) is 73.9 Å². The van der Waals surface area contributed by atoms with Crippen LogP contribution in [-0.4, -0.2) is 115 Å². The molecule has 10 heteroatoms. The molecule has 0 saturated carbocycles. The van der Waals surface area contributed by atoms with Crippen LogP contribution in [0, 0.1) is 0 Å². The second-order valence-electron chi connectivity index (χ2n) is 8.68. The van der Waals surface area contributed by atoms with Crippen LogP contribution in [0.2, 0.25) is 0 Å². The number of hydrogen-bond acceptors (Lipinski definition) is 10. The lowest BCUT2D eigenvalue weighted by atomic mass is 9.93. The Bertz CT molecular complexity index is 762. The van der Waals surface area contributed by atoms with Crippen molar-refractivity contribution in [1.29, 1.82) is 0 Å². The molecule has 8 N–H and O–H groups in total. The van der Waals surface area contributed by atoms with E-state index < -0.39 is 74.3 Å². The fourth-order valence-electron chi connectivity index (χ4n) is 4.19. The Hall–Kier alpha value is -1.70. The molecule has 10 atom stereocenters. The van der Waals surface area contributed by atoms with E-state index in [1.165, 1.54) is 0 Å². The Morgan fingerprint density at radius 3 is 1.35 bits per heavy atom. The van der Waals surface area contributed by atoms with Crippen molar-refractivity contribution < 1.29 is 50.3 Å². The smallest absolute Gasteiger partial charge is 0.111 e. The summed E-state index contributed by atoms with van der Waals surface area (Å²) in [5, 5.41) is 78.3. The van der Waals surface area contributed by atoms with Crippen LogP contribution in [0.3, 0.4) is 0 Å². The Balaban J connectivity index is 1.56. The predicted molar refractivity (Wildman–Crippen MR) is 121 cm³/mol. The molecule has 10 nitrogen and oxygen atoms in total. The highest BCUT2D eigenvalue weighted by molar-refractivity contribution is 5.57. The maximum absolute atomic E-state index is 10.1. The fraction of sp³-hybridized carbons (Fsp3) is 0.583. The average Bonchev–Trinajstić information content (AvgIpc) is 2.84. The molecule has 190 valence electrons. The van der Waals surface area contributed by atoms with Gasteiger partial charge in [0.1, 0.15) is 48.8 Å². The van der Waals surface area contributed by atoms with Crippen molar-refractivity contribution in [2.75, 3.05) is 13.2 Å². The van der Waals surface area contributed by atoms with Gasteiger partial charge in [-0.1, -0.05) is 42.5 Å². The summed E-state index contributed by atoms with van der Waals surface area (Å²) in [4.78, 5) is 0. The van der Waals surface area contributed by atoms with Gasteiger partial charge < -0.3 is 50.3 Å². The lowest BCUT2D eigenvalue weighted by molar-refractivity contribution is -0.227. The molecular weight excluding hydrogens is 448 g/mol. The highest BCUT2D eigenvalue weighted by Gasteiger charge is 2.43. The van der Waals surface area contributed by atoms with Crippen LogP contribution in [0.1, 0.15) is 24.0 Å².